The Kier molecular flexibility index (Phi) is 30.0. The molecular weight excluding hydrogens is 544 g/mol. The monoisotopic (exact) mass is 608 g/mol. The van der Waals surface area contributed by atoms with Gasteiger partial charge < -0.3 is 24.8 Å². The van der Waals surface area contributed by atoms with Crippen LogP contribution < -0.4 is 0 Å². The van der Waals surface area contributed by atoms with Gasteiger partial charge in [-0.1, -0.05) is 121 Å². The van der Waals surface area contributed by atoms with Crippen LogP contribution in [-0.4, -0.2) is 58.8 Å². The number of ether oxygens (including phenoxy) is 2. The van der Waals surface area contributed by atoms with Crippen molar-refractivity contribution in [2.45, 2.75) is 167 Å². The van der Waals surface area contributed by atoms with Gasteiger partial charge in [0.15, 0.2) is 6.10 Å². The first-order valence-electron chi connectivity index (χ1n) is 17.2. The SMILES string of the molecule is CCCCC/C=C\C/C=C\C/C=C\CC(O)C(O)CCCC(=O)O[C@@H](CO)COC(=O)CCCCCCCCCCCC. The summed E-state index contributed by atoms with van der Waals surface area (Å²) in [6.07, 6.45) is 29.5. The Morgan fingerprint density at radius 1 is 0.628 bits per heavy atom. The Morgan fingerprint density at radius 2 is 1.16 bits per heavy atom. The summed E-state index contributed by atoms with van der Waals surface area (Å²) in [4.78, 5) is 24.1. The molecule has 0 fully saturated rings. The summed E-state index contributed by atoms with van der Waals surface area (Å²) >= 11 is 0. The fourth-order valence-electron chi connectivity index (χ4n) is 4.60. The maximum Gasteiger partial charge on any atom is 0.306 e. The van der Waals surface area contributed by atoms with Crippen molar-refractivity contribution in [3.8, 4) is 0 Å². The summed E-state index contributed by atoms with van der Waals surface area (Å²) in [7, 11) is 0. The average molecular weight is 609 g/mol. The van der Waals surface area contributed by atoms with Crippen LogP contribution in [0.15, 0.2) is 36.5 Å². The number of rotatable bonds is 30. The van der Waals surface area contributed by atoms with Crippen LogP contribution in [-0.2, 0) is 19.1 Å². The Morgan fingerprint density at radius 3 is 1.79 bits per heavy atom. The van der Waals surface area contributed by atoms with Crippen molar-refractivity contribution in [3.05, 3.63) is 36.5 Å². The van der Waals surface area contributed by atoms with Gasteiger partial charge in [0.25, 0.3) is 0 Å². The van der Waals surface area contributed by atoms with E-state index in [4.69, 9.17) is 9.47 Å². The average Bonchev–Trinajstić information content (AvgIpc) is 3.00. The van der Waals surface area contributed by atoms with Gasteiger partial charge in [-0.3, -0.25) is 9.59 Å². The molecule has 0 heterocycles. The molecule has 0 aliphatic carbocycles. The molecule has 7 nitrogen and oxygen atoms in total. The highest BCUT2D eigenvalue weighted by Crippen LogP contribution is 2.13. The van der Waals surface area contributed by atoms with Gasteiger partial charge in [-0.25, -0.2) is 0 Å². The quantitative estimate of drug-likeness (QED) is 0.0429. The number of aliphatic hydroxyl groups is 3. The summed E-state index contributed by atoms with van der Waals surface area (Å²) in [6, 6.07) is 0. The van der Waals surface area contributed by atoms with Gasteiger partial charge in [-0.15, -0.1) is 0 Å². The highest BCUT2D eigenvalue weighted by atomic mass is 16.6. The molecule has 0 aliphatic heterocycles. The topological polar surface area (TPSA) is 113 Å². The number of carbonyl (C=O) groups is 2. The molecule has 0 amide bonds. The van der Waals surface area contributed by atoms with Crippen molar-refractivity contribution in [3.63, 3.8) is 0 Å². The van der Waals surface area contributed by atoms with Gasteiger partial charge in [-0.2, -0.15) is 0 Å². The molecule has 3 atom stereocenters. The third-order valence-corrected chi connectivity index (χ3v) is 7.39. The standard InChI is InChI=1S/C36H64O7/c1-3-5-7-9-11-13-15-16-17-19-21-23-26-33(38)34(39)27-25-29-36(41)43-32(30-37)31-42-35(40)28-24-22-20-18-14-12-10-8-6-4-2/h11,13,16-17,21,23,32-34,37-39H,3-10,12,14-15,18-20,22,24-31H2,1-2H3/b13-11-,17-16-,23-21-/t32-,33?,34?/m0/s1. The summed E-state index contributed by atoms with van der Waals surface area (Å²) in [6.45, 7) is 3.83. The van der Waals surface area contributed by atoms with E-state index in [9.17, 15) is 24.9 Å². The second-order valence-electron chi connectivity index (χ2n) is 11.6. The van der Waals surface area contributed by atoms with Crippen molar-refractivity contribution in [2.24, 2.45) is 0 Å². The number of esters is 2. The predicted molar refractivity (Wildman–Crippen MR) is 176 cm³/mol. The van der Waals surface area contributed by atoms with Crippen LogP contribution in [0.25, 0.3) is 0 Å². The molecule has 43 heavy (non-hydrogen) atoms. The highest BCUT2D eigenvalue weighted by Gasteiger charge is 2.18. The summed E-state index contributed by atoms with van der Waals surface area (Å²) in [5.74, 6) is -0.879. The largest absolute Gasteiger partial charge is 0.462 e. The van der Waals surface area contributed by atoms with E-state index in [1.54, 1.807) is 0 Å². The highest BCUT2D eigenvalue weighted by molar-refractivity contribution is 5.70. The minimum Gasteiger partial charge on any atom is -0.462 e. The summed E-state index contributed by atoms with van der Waals surface area (Å²) in [5, 5.41) is 29.9. The molecule has 0 aromatic rings. The molecule has 0 bridgehead atoms. The van der Waals surface area contributed by atoms with Crippen LogP contribution in [0.3, 0.4) is 0 Å². The molecule has 0 saturated heterocycles. The second kappa shape index (κ2) is 31.5. The van der Waals surface area contributed by atoms with Crippen LogP contribution in [0.4, 0.5) is 0 Å². The molecule has 2 unspecified atom stereocenters. The molecule has 0 saturated carbocycles. The van der Waals surface area contributed by atoms with E-state index in [2.05, 4.69) is 38.2 Å². The number of allylic oxidation sites excluding steroid dienone is 5. The van der Waals surface area contributed by atoms with Gasteiger partial charge in [0.1, 0.15) is 6.61 Å². The third kappa shape index (κ3) is 28.6. The van der Waals surface area contributed by atoms with E-state index in [1.165, 1.54) is 64.2 Å². The van der Waals surface area contributed by atoms with Gasteiger partial charge in [0.2, 0.25) is 0 Å². The Bertz CT molecular complexity index is 731. The molecule has 0 aromatic carbocycles. The minimum absolute atomic E-state index is 0.0422. The minimum atomic E-state index is -0.939. The second-order valence-corrected chi connectivity index (χ2v) is 11.6. The maximum atomic E-state index is 12.1. The van der Waals surface area contributed by atoms with Gasteiger partial charge in [0, 0.05) is 12.8 Å². The summed E-state index contributed by atoms with van der Waals surface area (Å²) in [5.41, 5.74) is 0. The molecule has 250 valence electrons. The number of hydrogen-bond donors (Lipinski definition) is 3. The molecule has 0 spiro atoms. The van der Waals surface area contributed by atoms with E-state index in [1.807, 2.05) is 12.2 Å². The fraction of sp³-hybridized carbons (Fsp3) is 0.778. The van der Waals surface area contributed by atoms with E-state index in [-0.39, 0.29) is 25.4 Å². The fourth-order valence-corrected chi connectivity index (χ4v) is 4.60. The third-order valence-electron chi connectivity index (χ3n) is 7.39. The van der Waals surface area contributed by atoms with Crippen LogP contribution in [0.2, 0.25) is 0 Å². The lowest BCUT2D eigenvalue weighted by Gasteiger charge is -2.17. The normalized spacial score (nSPS) is 14.1. The Labute approximate surface area is 262 Å². The lowest BCUT2D eigenvalue weighted by molar-refractivity contribution is -0.161. The van der Waals surface area contributed by atoms with E-state index in [0.29, 0.717) is 19.3 Å². The van der Waals surface area contributed by atoms with Crippen LogP contribution in [0.1, 0.15) is 149 Å². The first-order chi connectivity index (χ1) is 20.9. The van der Waals surface area contributed by atoms with Crippen molar-refractivity contribution in [2.75, 3.05) is 13.2 Å². The van der Waals surface area contributed by atoms with Gasteiger partial charge >= 0.3 is 11.9 Å². The zero-order chi connectivity index (χ0) is 31.8. The molecule has 0 radical (unpaired) electrons. The Balaban J connectivity index is 3.89. The Hall–Kier alpha value is -1.96. The van der Waals surface area contributed by atoms with Crippen molar-refractivity contribution in [1.82, 2.24) is 0 Å². The molecule has 0 aliphatic rings. The number of hydrogen-bond acceptors (Lipinski definition) is 7. The first-order valence-corrected chi connectivity index (χ1v) is 17.2. The molecule has 0 rings (SSSR count). The zero-order valence-electron chi connectivity index (χ0n) is 27.4. The van der Waals surface area contributed by atoms with Crippen molar-refractivity contribution >= 4 is 11.9 Å². The van der Waals surface area contributed by atoms with Crippen LogP contribution in [0, 0.1) is 0 Å². The van der Waals surface area contributed by atoms with Crippen LogP contribution >= 0.6 is 0 Å². The lowest BCUT2D eigenvalue weighted by atomic mass is 10.0. The maximum absolute atomic E-state index is 12.1. The smallest absolute Gasteiger partial charge is 0.306 e. The van der Waals surface area contributed by atoms with E-state index >= 15 is 0 Å². The van der Waals surface area contributed by atoms with Crippen molar-refractivity contribution in [1.29, 1.82) is 0 Å². The lowest BCUT2D eigenvalue weighted by Crippen LogP contribution is -2.29. The van der Waals surface area contributed by atoms with Crippen LogP contribution in [0.5, 0.6) is 0 Å². The number of aliphatic hydroxyl groups excluding tert-OH is 3. The van der Waals surface area contributed by atoms with Gasteiger partial charge in [-0.05, 0) is 51.4 Å². The first kappa shape index (κ1) is 41.0. The van der Waals surface area contributed by atoms with E-state index in [0.717, 1.165) is 38.5 Å². The molecule has 3 N–H and O–H groups in total. The zero-order valence-corrected chi connectivity index (χ0v) is 27.4. The molecule has 0 aromatic heterocycles. The van der Waals surface area contributed by atoms with Crippen molar-refractivity contribution < 1.29 is 34.4 Å². The van der Waals surface area contributed by atoms with Gasteiger partial charge in [0.05, 0.1) is 18.8 Å². The predicted octanol–water partition coefficient (Wildman–Crippen LogP) is 8.06. The summed E-state index contributed by atoms with van der Waals surface area (Å²) < 4.78 is 10.4. The molecule has 7 heteroatoms. The molecular formula is C36H64O7. The number of unbranched alkanes of at least 4 members (excludes halogenated alkanes) is 12. The number of carbonyl (C=O) groups excluding carboxylic acids is 2. The van der Waals surface area contributed by atoms with E-state index < -0.39 is 30.9 Å².